The second kappa shape index (κ2) is 6.06. The summed E-state index contributed by atoms with van der Waals surface area (Å²) in [4.78, 5) is 16.3. The fourth-order valence-corrected chi connectivity index (χ4v) is 5.12. The standard InChI is InChI=1S/C22H19NO2S/c1-2-23-17-8-3-4-9-20(17)26-21-11-16-10-14-6-5-7-15(13-24)22(14)25-19(16)12-18(21)23/h3-4,8-13H,2,5-7H2,1H3. The van der Waals surface area contributed by atoms with Gasteiger partial charge in [0.25, 0.3) is 0 Å². The van der Waals surface area contributed by atoms with Crippen molar-refractivity contribution < 1.29 is 9.53 Å². The number of hydrogen-bond donors (Lipinski definition) is 0. The van der Waals surface area contributed by atoms with Crippen LogP contribution in [0.2, 0.25) is 0 Å². The molecule has 3 nitrogen and oxygen atoms in total. The maximum Gasteiger partial charge on any atom is 0.149 e. The maximum absolute atomic E-state index is 11.4. The number of anilines is 2. The molecule has 2 aromatic carbocycles. The number of nitrogens with zero attached hydrogens (tertiary/aromatic N) is 1. The molecule has 0 amide bonds. The molecular weight excluding hydrogens is 342 g/mol. The Morgan fingerprint density at radius 2 is 2.04 bits per heavy atom. The molecule has 2 aromatic rings. The van der Waals surface area contributed by atoms with Gasteiger partial charge in [-0.3, -0.25) is 4.79 Å². The Labute approximate surface area is 157 Å². The van der Waals surface area contributed by atoms with E-state index < -0.39 is 0 Å². The summed E-state index contributed by atoms with van der Waals surface area (Å²) in [5, 5.41) is 0. The fourth-order valence-electron chi connectivity index (χ4n) is 4.00. The van der Waals surface area contributed by atoms with Crippen LogP contribution in [0.4, 0.5) is 11.4 Å². The molecule has 0 radical (unpaired) electrons. The Morgan fingerprint density at radius 3 is 2.88 bits per heavy atom. The molecule has 2 heterocycles. The third-order valence-electron chi connectivity index (χ3n) is 5.23. The molecule has 0 spiro atoms. The van der Waals surface area contributed by atoms with Gasteiger partial charge in [-0.15, -0.1) is 0 Å². The van der Waals surface area contributed by atoms with Crippen LogP contribution in [0.1, 0.15) is 31.7 Å². The molecule has 130 valence electrons. The summed E-state index contributed by atoms with van der Waals surface area (Å²) in [6.45, 7) is 3.07. The average Bonchev–Trinajstić information content (AvgIpc) is 2.68. The molecule has 1 aliphatic carbocycles. The molecule has 0 saturated carbocycles. The minimum atomic E-state index is 0.783. The third kappa shape index (κ3) is 2.32. The minimum absolute atomic E-state index is 0.783. The van der Waals surface area contributed by atoms with Gasteiger partial charge in [-0.1, -0.05) is 23.9 Å². The molecular formula is C22H19NO2S. The lowest BCUT2D eigenvalue weighted by molar-refractivity contribution is -0.105. The van der Waals surface area contributed by atoms with Crippen molar-refractivity contribution in [1.29, 1.82) is 0 Å². The Bertz CT molecular complexity index is 990. The number of hydrogen-bond acceptors (Lipinski definition) is 4. The van der Waals surface area contributed by atoms with E-state index >= 15 is 0 Å². The van der Waals surface area contributed by atoms with Crippen molar-refractivity contribution in [2.24, 2.45) is 0 Å². The molecule has 3 aliphatic rings. The van der Waals surface area contributed by atoms with Crippen LogP contribution in [0, 0.1) is 0 Å². The van der Waals surface area contributed by atoms with Crippen molar-refractivity contribution >= 4 is 35.5 Å². The van der Waals surface area contributed by atoms with Crippen LogP contribution in [-0.4, -0.2) is 12.8 Å². The lowest BCUT2D eigenvalue weighted by Gasteiger charge is -2.34. The first-order valence-electron chi connectivity index (χ1n) is 9.08. The maximum atomic E-state index is 11.4. The van der Waals surface area contributed by atoms with Gasteiger partial charge in [0.2, 0.25) is 0 Å². The summed E-state index contributed by atoms with van der Waals surface area (Å²) in [5.41, 5.74) is 5.47. The predicted molar refractivity (Wildman–Crippen MR) is 105 cm³/mol. The molecule has 0 fully saturated rings. The molecule has 4 heteroatoms. The molecule has 2 aliphatic heterocycles. The monoisotopic (exact) mass is 361 g/mol. The van der Waals surface area contributed by atoms with Gasteiger partial charge in [0, 0.05) is 33.5 Å². The highest BCUT2D eigenvalue weighted by atomic mass is 32.2. The Morgan fingerprint density at radius 1 is 1.15 bits per heavy atom. The van der Waals surface area contributed by atoms with Crippen molar-refractivity contribution in [2.45, 2.75) is 36.0 Å². The largest absolute Gasteiger partial charge is 0.456 e. The van der Waals surface area contributed by atoms with Crippen LogP contribution in [-0.2, 0) is 4.79 Å². The van der Waals surface area contributed by atoms with Crippen LogP contribution >= 0.6 is 11.8 Å². The molecule has 0 unspecified atom stereocenters. The van der Waals surface area contributed by atoms with Gasteiger partial charge >= 0.3 is 0 Å². The molecule has 0 atom stereocenters. The van der Waals surface area contributed by atoms with Gasteiger partial charge < -0.3 is 9.64 Å². The van der Waals surface area contributed by atoms with E-state index in [0.29, 0.717) is 0 Å². The van der Waals surface area contributed by atoms with Crippen molar-refractivity contribution in [3.05, 3.63) is 58.9 Å². The topological polar surface area (TPSA) is 29.5 Å². The van der Waals surface area contributed by atoms with E-state index in [1.54, 1.807) is 0 Å². The highest BCUT2D eigenvalue weighted by Gasteiger charge is 2.28. The number of carbonyl (C=O) groups excluding carboxylic acids is 1. The number of fused-ring (bicyclic) bond motifs is 4. The first-order chi connectivity index (χ1) is 12.8. The van der Waals surface area contributed by atoms with Gasteiger partial charge in [0.05, 0.1) is 11.4 Å². The number of para-hydroxylation sites is 1. The SMILES string of the molecule is CCN1c2ccccc2Sc2cc3c(cc21)OC1=C(C=O)CCCC1=C3. The Kier molecular flexibility index (Phi) is 3.68. The molecule has 0 aromatic heterocycles. The quantitative estimate of drug-likeness (QED) is 0.640. The molecule has 0 N–H and O–H groups in total. The van der Waals surface area contributed by atoms with E-state index in [2.05, 4.69) is 54.3 Å². The first kappa shape index (κ1) is 15.8. The zero-order chi connectivity index (χ0) is 17.7. The Balaban J connectivity index is 1.66. The number of rotatable bonds is 2. The zero-order valence-electron chi connectivity index (χ0n) is 14.6. The highest BCUT2D eigenvalue weighted by molar-refractivity contribution is 7.99. The predicted octanol–water partition coefficient (Wildman–Crippen LogP) is 5.72. The summed E-state index contributed by atoms with van der Waals surface area (Å²) in [6, 6.07) is 12.9. The van der Waals surface area contributed by atoms with Crippen molar-refractivity contribution in [3.8, 4) is 5.75 Å². The number of benzene rings is 2. The van der Waals surface area contributed by atoms with Crippen molar-refractivity contribution in [2.75, 3.05) is 11.4 Å². The average molecular weight is 361 g/mol. The Hall–Kier alpha value is -2.46. The van der Waals surface area contributed by atoms with E-state index in [9.17, 15) is 4.79 Å². The second-order valence-electron chi connectivity index (χ2n) is 6.77. The molecule has 26 heavy (non-hydrogen) atoms. The lowest BCUT2D eigenvalue weighted by atomic mass is 9.90. The highest BCUT2D eigenvalue weighted by Crippen LogP contribution is 2.51. The normalized spacial score (nSPS) is 17.4. The van der Waals surface area contributed by atoms with E-state index in [1.807, 2.05) is 11.8 Å². The van der Waals surface area contributed by atoms with Gasteiger partial charge in [0.15, 0.2) is 0 Å². The molecule has 0 saturated heterocycles. The third-order valence-corrected chi connectivity index (χ3v) is 6.35. The van der Waals surface area contributed by atoms with Crippen molar-refractivity contribution in [1.82, 2.24) is 0 Å². The summed E-state index contributed by atoms with van der Waals surface area (Å²) in [6.07, 6.45) is 5.95. The lowest BCUT2D eigenvalue weighted by Crippen LogP contribution is -2.21. The number of ether oxygens (including phenoxy) is 1. The van der Waals surface area contributed by atoms with Crippen LogP contribution in [0.5, 0.6) is 5.75 Å². The second-order valence-corrected chi connectivity index (χ2v) is 7.85. The van der Waals surface area contributed by atoms with Crippen LogP contribution < -0.4 is 9.64 Å². The summed E-state index contributed by atoms with van der Waals surface area (Å²) >= 11 is 1.81. The van der Waals surface area contributed by atoms with Crippen LogP contribution in [0.15, 0.2) is 63.1 Å². The summed E-state index contributed by atoms with van der Waals surface area (Å²) < 4.78 is 6.23. The smallest absolute Gasteiger partial charge is 0.149 e. The fraction of sp³-hybridized carbons (Fsp3) is 0.227. The first-order valence-corrected chi connectivity index (χ1v) is 9.89. The van der Waals surface area contributed by atoms with E-state index in [1.165, 1.54) is 21.2 Å². The number of carbonyl (C=O) groups is 1. The van der Waals surface area contributed by atoms with Crippen LogP contribution in [0.3, 0.4) is 0 Å². The van der Waals surface area contributed by atoms with Crippen molar-refractivity contribution in [3.63, 3.8) is 0 Å². The number of allylic oxidation sites excluding steroid dienone is 2. The van der Waals surface area contributed by atoms with Gasteiger partial charge in [-0.25, -0.2) is 0 Å². The summed E-state index contributed by atoms with van der Waals surface area (Å²) in [7, 11) is 0. The van der Waals surface area contributed by atoms with Gasteiger partial charge in [-0.05, 0) is 56.0 Å². The van der Waals surface area contributed by atoms with Gasteiger partial charge in [0.1, 0.15) is 17.8 Å². The zero-order valence-corrected chi connectivity index (χ0v) is 15.4. The van der Waals surface area contributed by atoms with E-state index in [-0.39, 0.29) is 0 Å². The van der Waals surface area contributed by atoms with Crippen LogP contribution in [0.25, 0.3) is 6.08 Å². The van der Waals surface area contributed by atoms with Gasteiger partial charge in [-0.2, -0.15) is 0 Å². The summed E-state index contributed by atoms with van der Waals surface area (Å²) in [5.74, 6) is 1.63. The molecule has 5 rings (SSSR count). The molecule has 0 bridgehead atoms. The van der Waals surface area contributed by atoms with E-state index in [0.717, 1.165) is 60.3 Å². The number of aldehydes is 1. The van der Waals surface area contributed by atoms with E-state index in [4.69, 9.17) is 4.74 Å². The minimum Gasteiger partial charge on any atom is -0.456 e.